The molecule has 1 aliphatic rings. The number of aliphatic imine (C=N–C) groups is 1. The van der Waals surface area contributed by atoms with Gasteiger partial charge in [-0.25, -0.2) is 0 Å². The van der Waals surface area contributed by atoms with Crippen molar-refractivity contribution >= 4 is 6.21 Å². The fourth-order valence-corrected chi connectivity index (χ4v) is 1.18. The summed E-state index contributed by atoms with van der Waals surface area (Å²) in [6.45, 7) is 8.06. The zero-order valence-corrected chi connectivity index (χ0v) is 6.54. The van der Waals surface area contributed by atoms with Gasteiger partial charge in [-0.05, 0) is 19.9 Å². The molecule has 1 aliphatic heterocycles. The summed E-state index contributed by atoms with van der Waals surface area (Å²) >= 11 is 0. The van der Waals surface area contributed by atoms with E-state index in [1.165, 1.54) is 5.57 Å². The molecule has 54 valence electrons. The standard InChI is InChI=1S/C9H13N/c1-7(2)9-5-4-6-10-8(9)3/h4-6,8-9H,1H2,2-3H3. The Bertz CT molecular complexity index is 189. The first-order valence-corrected chi connectivity index (χ1v) is 3.57. The third-order valence-corrected chi connectivity index (χ3v) is 1.81. The van der Waals surface area contributed by atoms with E-state index in [1.807, 2.05) is 19.2 Å². The maximum Gasteiger partial charge on any atom is 0.0571 e. The molecule has 0 spiro atoms. The molecule has 0 aromatic rings. The Kier molecular flexibility index (Phi) is 2.05. The largest absolute Gasteiger partial charge is 0.289 e. The van der Waals surface area contributed by atoms with Crippen LogP contribution in [0.15, 0.2) is 29.3 Å². The Morgan fingerprint density at radius 1 is 1.60 bits per heavy atom. The molecule has 1 rings (SSSR count). The van der Waals surface area contributed by atoms with E-state index in [2.05, 4.69) is 24.6 Å². The van der Waals surface area contributed by atoms with E-state index in [0.717, 1.165) is 0 Å². The van der Waals surface area contributed by atoms with Gasteiger partial charge in [0.1, 0.15) is 0 Å². The lowest BCUT2D eigenvalue weighted by Crippen LogP contribution is -2.16. The van der Waals surface area contributed by atoms with E-state index in [-0.39, 0.29) is 0 Å². The first-order valence-electron chi connectivity index (χ1n) is 3.57. The van der Waals surface area contributed by atoms with E-state index in [9.17, 15) is 0 Å². The molecule has 0 saturated heterocycles. The average molecular weight is 135 g/mol. The first-order chi connectivity index (χ1) is 4.72. The van der Waals surface area contributed by atoms with Gasteiger partial charge in [-0.3, -0.25) is 4.99 Å². The lowest BCUT2D eigenvalue weighted by atomic mass is 9.93. The molecule has 1 heterocycles. The summed E-state index contributed by atoms with van der Waals surface area (Å²) in [6.07, 6.45) is 5.99. The number of allylic oxidation sites excluding steroid dienone is 1. The van der Waals surface area contributed by atoms with Crippen LogP contribution in [0.4, 0.5) is 0 Å². The van der Waals surface area contributed by atoms with Crippen LogP contribution in [0.3, 0.4) is 0 Å². The first kappa shape index (κ1) is 7.26. The zero-order chi connectivity index (χ0) is 7.56. The second kappa shape index (κ2) is 2.82. The van der Waals surface area contributed by atoms with Gasteiger partial charge in [0.2, 0.25) is 0 Å². The molecular weight excluding hydrogens is 122 g/mol. The predicted molar refractivity (Wildman–Crippen MR) is 45.4 cm³/mol. The van der Waals surface area contributed by atoms with Crippen LogP contribution in [-0.4, -0.2) is 12.3 Å². The molecule has 0 fully saturated rings. The normalized spacial score (nSPS) is 30.6. The van der Waals surface area contributed by atoms with Crippen molar-refractivity contribution in [1.82, 2.24) is 0 Å². The number of dihydropyridines is 1. The van der Waals surface area contributed by atoms with Crippen LogP contribution < -0.4 is 0 Å². The van der Waals surface area contributed by atoms with Crippen molar-refractivity contribution in [3.8, 4) is 0 Å². The van der Waals surface area contributed by atoms with Crippen molar-refractivity contribution in [2.24, 2.45) is 10.9 Å². The van der Waals surface area contributed by atoms with Crippen molar-refractivity contribution in [2.75, 3.05) is 0 Å². The number of rotatable bonds is 1. The number of hydrogen-bond acceptors (Lipinski definition) is 1. The fourth-order valence-electron chi connectivity index (χ4n) is 1.18. The van der Waals surface area contributed by atoms with E-state index in [1.54, 1.807) is 0 Å². The monoisotopic (exact) mass is 135 g/mol. The minimum atomic E-state index is 0.377. The summed E-state index contributed by atoms with van der Waals surface area (Å²) in [5.41, 5.74) is 1.20. The smallest absolute Gasteiger partial charge is 0.0571 e. The second-order valence-corrected chi connectivity index (χ2v) is 2.80. The summed E-state index contributed by atoms with van der Waals surface area (Å²) in [7, 11) is 0. The molecule has 0 bridgehead atoms. The van der Waals surface area contributed by atoms with Gasteiger partial charge in [-0.15, -0.1) is 0 Å². The molecule has 0 saturated carbocycles. The average Bonchev–Trinajstić information content (AvgIpc) is 1.88. The van der Waals surface area contributed by atoms with Crippen LogP contribution in [0.5, 0.6) is 0 Å². The van der Waals surface area contributed by atoms with Crippen molar-refractivity contribution in [2.45, 2.75) is 19.9 Å². The van der Waals surface area contributed by atoms with Crippen molar-refractivity contribution in [1.29, 1.82) is 0 Å². The van der Waals surface area contributed by atoms with Gasteiger partial charge in [-0.1, -0.05) is 18.2 Å². The lowest BCUT2D eigenvalue weighted by molar-refractivity contribution is 0.606. The van der Waals surface area contributed by atoms with E-state index in [0.29, 0.717) is 12.0 Å². The quantitative estimate of drug-likeness (QED) is 0.489. The number of hydrogen-bond donors (Lipinski definition) is 0. The topological polar surface area (TPSA) is 12.4 Å². The Morgan fingerprint density at radius 3 is 2.70 bits per heavy atom. The van der Waals surface area contributed by atoms with Gasteiger partial charge in [0.15, 0.2) is 0 Å². The molecule has 0 amide bonds. The Balaban J connectivity index is 2.70. The second-order valence-electron chi connectivity index (χ2n) is 2.80. The van der Waals surface area contributed by atoms with Gasteiger partial charge in [0.05, 0.1) is 6.04 Å². The van der Waals surface area contributed by atoms with E-state index >= 15 is 0 Å². The molecule has 1 nitrogen and oxygen atoms in total. The lowest BCUT2D eigenvalue weighted by Gasteiger charge is -2.19. The molecule has 0 aromatic carbocycles. The van der Waals surface area contributed by atoms with Gasteiger partial charge < -0.3 is 0 Å². The van der Waals surface area contributed by atoms with Crippen molar-refractivity contribution in [3.63, 3.8) is 0 Å². The van der Waals surface area contributed by atoms with Gasteiger partial charge in [0, 0.05) is 12.1 Å². The van der Waals surface area contributed by atoms with Crippen LogP contribution >= 0.6 is 0 Å². The fraction of sp³-hybridized carbons (Fsp3) is 0.444. The highest BCUT2D eigenvalue weighted by Crippen LogP contribution is 2.19. The van der Waals surface area contributed by atoms with Crippen LogP contribution in [0.25, 0.3) is 0 Å². The van der Waals surface area contributed by atoms with Gasteiger partial charge >= 0.3 is 0 Å². The van der Waals surface area contributed by atoms with Crippen molar-refractivity contribution in [3.05, 3.63) is 24.3 Å². The summed E-state index contributed by atoms with van der Waals surface area (Å²) in [5.74, 6) is 0.449. The number of nitrogens with zero attached hydrogens (tertiary/aromatic N) is 1. The molecule has 1 heteroatoms. The highest BCUT2D eigenvalue weighted by molar-refractivity contribution is 5.72. The SMILES string of the molecule is C=C(C)C1C=CC=NC1C. The Morgan fingerprint density at radius 2 is 2.30 bits per heavy atom. The molecule has 2 unspecified atom stereocenters. The molecule has 2 atom stereocenters. The van der Waals surface area contributed by atoms with E-state index in [4.69, 9.17) is 0 Å². The van der Waals surface area contributed by atoms with E-state index < -0.39 is 0 Å². The maximum atomic E-state index is 4.26. The third-order valence-electron chi connectivity index (χ3n) is 1.81. The highest BCUT2D eigenvalue weighted by Gasteiger charge is 2.14. The van der Waals surface area contributed by atoms with Crippen LogP contribution in [0.2, 0.25) is 0 Å². The maximum absolute atomic E-state index is 4.26. The minimum absolute atomic E-state index is 0.377. The van der Waals surface area contributed by atoms with Crippen LogP contribution in [0.1, 0.15) is 13.8 Å². The van der Waals surface area contributed by atoms with Gasteiger partial charge in [-0.2, -0.15) is 0 Å². The Labute approximate surface area is 62.2 Å². The molecule has 0 N–H and O–H groups in total. The Hall–Kier alpha value is -0.850. The van der Waals surface area contributed by atoms with Crippen LogP contribution in [-0.2, 0) is 0 Å². The third kappa shape index (κ3) is 1.35. The summed E-state index contributed by atoms with van der Waals surface area (Å²) < 4.78 is 0. The predicted octanol–water partition coefficient (Wildman–Crippen LogP) is 2.21. The summed E-state index contributed by atoms with van der Waals surface area (Å²) in [4.78, 5) is 4.26. The van der Waals surface area contributed by atoms with Crippen LogP contribution in [0, 0.1) is 5.92 Å². The highest BCUT2D eigenvalue weighted by atomic mass is 14.8. The molecular formula is C9H13N. The summed E-state index contributed by atoms with van der Waals surface area (Å²) in [6, 6.07) is 0.377. The molecule has 0 aromatic heterocycles. The molecule has 0 radical (unpaired) electrons. The molecule has 0 aliphatic carbocycles. The minimum Gasteiger partial charge on any atom is -0.289 e. The van der Waals surface area contributed by atoms with Gasteiger partial charge in [0.25, 0.3) is 0 Å². The summed E-state index contributed by atoms with van der Waals surface area (Å²) in [5, 5.41) is 0. The zero-order valence-electron chi connectivity index (χ0n) is 6.54. The molecule has 10 heavy (non-hydrogen) atoms. The van der Waals surface area contributed by atoms with Crippen molar-refractivity contribution < 1.29 is 0 Å².